The highest BCUT2D eigenvalue weighted by molar-refractivity contribution is 7.80. The number of nitrogens with one attached hydrogen (secondary N) is 2. The number of aromatic nitrogens is 3. The maximum absolute atomic E-state index is 5.42. The van der Waals surface area contributed by atoms with E-state index in [1.807, 2.05) is 37.3 Å². The summed E-state index contributed by atoms with van der Waals surface area (Å²) in [6.07, 6.45) is 1.63. The molecule has 1 aromatic carbocycles. The monoisotopic (exact) mass is 385 g/mol. The molecule has 3 rings (SSSR count). The molecule has 0 saturated carbocycles. The molecule has 0 aliphatic rings. The van der Waals surface area contributed by atoms with Gasteiger partial charge in [0.05, 0.1) is 32.1 Å². The van der Waals surface area contributed by atoms with Gasteiger partial charge in [-0.3, -0.25) is 0 Å². The number of thiocarbonyl (C=S) groups is 1. The zero-order valence-electron chi connectivity index (χ0n) is 14.9. The van der Waals surface area contributed by atoms with E-state index < -0.39 is 0 Å². The number of rotatable bonds is 7. The number of pyridine rings is 1. The third kappa shape index (κ3) is 5.14. The van der Waals surface area contributed by atoms with Crippen LogP contribution in [0.25, 0.3) is 11.4 Å². The summed E-state index contributed by atoms with van der Waals surface area (Å²) in [6, 6.07) is 11.1. The fraction of sp³-hybridized carbons (Fsp3) is 0.222. The zero-order chi connectivity index (χ0) is 19.1. The molecule has 27 heavy (non-hydrogen) atoms. The summed E-state index contributed by atoms with van der Waals surface area (Å²) in [6.45, 7) is 2.87. The van der Waals surface area contributed by atoms with Crippen LogP contribution in [-0.4, -0.2) is 34.0 Å². The number of anilines is 1. The molecule has 0 bridgehead atoms. The quantitative estimate of drug-likeness (QED) is 0.595. The van der Waals surface area contributed by atoms with Gasteiger partial charge >= 0.3 is 0 Å². The maximum atomic E-state index is 5.42. The topological polar surface area (TPSA) is 94.3 Å². The maximum Gasteiger partial charge on any atom is 0.246 e. The molecule has 0 unspecified atom stereocenters. The molecule has 0 aliphatic heterocycles. The van der Waals surface area contributed by atoms with Crippen LogP contribution < -0.4 is 20.1 Å². The van der Waals surface area contributed by atoms with Crippen molar-refractivity contribution < 1.29 is 14.0 Å². The first-order valence-electron chi connectivity index (χ1n) is 8.28. The Balaban J connectivity index is 1.53. The molecular formula is C18H19N5O3S. The predicted octanol–water partition coefficient (Wildman–Crippen LogP) is 3.03. The SMILES string of the molecule is CCOc1ccc(-c2noc(CNC(=S)Nc3ccc(OC)nc3)n2)cc1. The molecule has 2 N–H and O–H groups in total. The van der Waals surface area contributed by atoms with Crippen LogP contribution in [0, 0.1) is 0 Å². The molecule has 2 aromatic heterocycles. The van der Waals surface area contributed by atoms with E-state index in [4.69, 9.17) is 26.2 Å². The van der Waals surface area contributed by atoms with Crippen LogP contribution in [-0.2, 0) is 6.54 Å². The number of ether oxygens (including phenoxy) is 2. The van der Waals surface area contributed by atoms with Crippen molar-refractivity contribution >= 4 is 23.0 Å². The van der Waals surface area contributed by atoms with Crippen molar-refractivity contribution in [3.8, 4) is 23.0 Å². The molecular weight excluding hydrogens is 366 g/mol. The summed E-state index contributed by atoms with van der Waals surface area (Å²) in [5.74, 6) is 2.27. The van der Waals surface area contributed by atoms with Crippen LogP contribution in [0.3, 0.4) is 0 Å². The lowest BCUT2D eigenvalue weighted by molar-refractivity contribution is 0.340. The molecule has 0 aliphatic carbocycles. The second-order valence-electron chi connectivity index (χ2n) is 5.37. The Morgan fingerprint density at radius 1 is 1.19 bits per heavy atom. The smallest absolute Gasteiger partial charge is 0.246 e. The van der Waals surface area contributed by atoms with Gasteiger partial charge in [0.2, 0.25) is 17.6 Å². The van der Waals surface area contributed by atoms with Crippen LogP contribution >= 0.6 is 12.2 Å². The number of methoxy groups -OCH3 is 1. The zero-order valence-corrected chi connectivity index (χ0v) is 15.7. The second kappa shape index (κ2) is 8.95. The van der Waals surface area contributed by atoms with E-state index in [2.05, 4.69) is 25.8 Å². The van der Waals surface area contributed by atoms with E-state index in [9.17, 15) is 0 Å². The number of nitrogens with zero attached hydrogens (tertiary/aromatic N) is 3. The van der Waals surface area contributed by atoms with Gasteiger partial charge in [0, 0.05) is 11.6 Å². The second-order valence-corrected chi connectivity index (χ2v) is 5.77. The third-order valence-corrected chi connectivity index (χ3v) is 3.74. The Labute approximate surface area is 161 Å². The van der Waals surface area contributed by atoms with Crippen molar-refractivity contribution in [2.45, 2.75) is 13.5 Å². The fourth-order valence-electron chi connectivity index (χ4n) is 2.22. The predicted molar refractivity (Wildman–Crippen MR) is 105 cm³/mol. The van der Waals surface area contributed by atoms with Crippen LogP contribution in [0.2, 0.25) is 0 Å². The van der Waals surface area contributed by atoms with Crippen molar-refractivity contribution in [3.05, 3.63) is 48.5 Å². The molecule has 140 valence electrons. The standard InChI is InChI=1S/C18H19N5O3S/c1-3-25-14-7-4-12(5-8-14)17-22-16(26-23-17)11-20-18(27)21-13-6-9-15(24-2)19-10-13/h4-10H,3,11H2,1-2H3,(H2,20,21,27). The van der Waals surface area contributed by atoms with Crippen LogP contribution in [0.5, 0.6) is 11.6 Å². The van der Waals surface area contributed by atoms with Gasteiger partial charge in [-0.25, -0.2) is 4.98 Å². The summed E-state index contributed by atoms with van der Waals surface area (Å²) in [4.78, 5) is 8.46. The van der Waals surface area contributed by atoms with Gasteiger partial charge in [-0.05, 0) is 49.5 Å². The van der Waals surface area contributed by atoms with Gasteiger partial charge in [0.15, 0.2) is 5.11 Å². The van der Waals surface area contributed by atoms with E-state index in [1.54, 1.807) is 19.4 Å². The lowest BCUT2D eigenvalue weighted by Gasteiger charge is -2.08. The van der Waals surface area contributed by atoms with Crippen LogP contribution in [0.1, 0.15) is 12.8 Å². The van der Waals surface area contributed by atoms with Crippen LogP contribution in [0.15, 0.2) is 47.1 Å². The van der Waals surface area contributed by atoms with Gasteiger partial charge in [-0.1, -0.05) is 5.16 Å². The third-order valence-electron chi connectivity index (χ3n) is 3.50. The number of hydrogen-bond acceptors (Lipinski definition) is 7. The average molecular weight is 385 g/mol. The lowest BCUT2D eigenvalue weighted by Crippen LogP contribution is -2.28. The van der Waals surface area contributed by atoms with Crippen LogP contribution in [0.4, 0.5) is 5.69 Å². The molecule has 8 nitrogen and oxygen atoms in total. The first-order valence-corrected chi connectivity index (χ1v) is 8.69. The normalized spacial score (nSPS) is 10.3. The van der Waals surface area contributed by atoms with Gasteiger partial charge in [-0.15, -0.1) is 0 Å². The molecule has 0 saturated heterocycles. The molecule has 2 heterocycles. The van der Waals surface area contributed by atoms with Gasteiger partial charge in [0.1, 0.15) is 5.75 Å². The van der Waals surface area contributed by atoms with E-state index >= 15 is 0 Å². The number of hydrogen-bond donors (Lipinski definition) is 2. The highest BCUT2D eigenvalue weighted by atomic mass is 32.1. The first kappa shape index (κ1) is 18.6. The molecule has 3 aromatic rings. The highest BCUT2D eigenvalue weighted by Crippen LogP contribution is 2.20. The highest BCUT2D eigenvalue weighted by Gasteiger charge is 2.09. The Morgan fingerprint density at radius 3 is 2.67 bits per heavy atom. The average Bonchev–Trinajstić information content (AvgIpc) is 3.17. The molecule has 0 atom stereocenters. The molecule has 0 amide bonds. The van der Waals surface area contributed by atoms with E-state index in [-0.39, 0.29) is 0 Å². The van der Waals surface area contributed by atoms with Gasteiger partial charge < -0.3 is 24.6 Å². The van der Waals surface area contributed by atoms with Crippen molar-refractivity contribution in [1.82, 2.24) is 20.4 Å². The Hall–Kier alpha value is -3.20. The van der Waals surface area contributed by atoms with Gasteiger partial charge in [-0.2, -0.15) is 4.98 Å². The lowest BCUT2D eigenvalue weighted by atomic mass is 10.2. The molecule has 0 radical (unpaired) electrons. The van der Waals surface area contributed by atoms with Crippen molar-refractivity contribution in [1.29, 1.82) is 0 Å². The minimum absolute atomic E-state index is 0.305. The summed E-state index contributed by atoms with van der Waals surface area (Å²) in [5.41, 5.74) is 1.59. The Kier molecular flexibility index (Phi) is 6.16. The summed E-state index contributed by atoms with van der Waals surface area (Å²) >= 11 is 5.25. The van der Waals surface area contributed by atoms with Crippen molar-refractivity contribution in [3.63, 3.8) is 0 Å². The summed E-state index contributed by atoms with van der Waals surface area (Å²) in [7, 11) is 1.56. The van der Waals surface area contributed by atoms with E-state index in [0.717, 1.165) is 17.0 Å². The van der Waals surface area contributed by atoms with Crippen molar-refractivity contribution in [2.75, 3.05) is 19.0 Å². The Bertz CT molecular complexity index is 881. The summed E-state index contributed by atoms with van der Waals surface area (Å²) in [5, 5.41) is 10.4. The largest absolute Gasteiger partial charge is 0.494 e. The van der Waals surface area contributed by atoms with E-state index in [1.165, 1.54) is 0 Å². The van der Waals surface area contributed by atoms with Crippen molar-refractivity contribution in [2.24, 2.45) is 0 Å². The fourth-order valence-corrected chi connectivity index (χ4v) is 2.41. The minimum atomic E-state index is 0.305. The first-order chi connectivity index (χ1) is 13.2. The van der Waals surface area contributed by atoms with Gasteiger partial charge in [0.25, 0.3) is 0 Å². The number of benzene rings is 1. The summed E-state index contributed by atoms with van der Waals surface area (Å²) < 4.78 is 15.7. The molecule has 9 heteroatoms. The van der Waals surface area contributed by atoms with E-state index in [0.29, 0.717) is 35.9 Å². The Morgan fingerprint density at radius 2 is 2.00 bits per heavy atom. The molecule has 0 spiro atoms. The minimum Gasteiger partial charge on any atom is -0.494 e. The molecule has 0 fully saturated rings.